The van der Waals surface area contributed by atoms with Gasteiger partial charge in [0.25, 0.3) is 5.91 Å². The average Bonchev–Trinajstić information content (AvgIpc) is 2.81. The molecule has 0 radical (unpaired) electrons. The van der Waals surface area contributed by atoms with Crippen LogP contribution in [0.3, 0.4) is 0 Å². The first-order valence-electron chi connectivity index (χ1n) is 6.34. The third-order valence-corrected chi connectivity index (χ3v) is 3.97. The molecule has 1 amide bonds. The number of hydrogen-bond donors (Lipinski definition) is 1. The molecule has 106 valence electrons. The quantitative estimate of drug-likeness (QED) is 0.734. The lowest BCUT2D eigenvalue weighted by atomic mass is 10.1. The number of nitrogens with one attached hydrogen (secondary N) is 1. The molecule has 6 heteroatoms. The summed E-state index contributed by atoms with van der Waals surface area (Å²) in [6.45, 7) is 3.98. The lowest BCUT2D eigenvalue weighted by molar-refractivity contribution is 0.102. The van der Waals surface area contributed by atoms with Gasteiger partial charge in [-0.3, -0.25) is 10.1 Å². The van der Waals surface area contributed by atoms with Gasteiger partial charge >= 0.3 is 0 Å². The number of benzene rings is 1. The van der Waals surface area contributed by atoms with Crippen molar-refractivity contribution in [3.63, 3.8) is 0 Å². The molecule has 0 bridgehead atoms. The number of aryl methyl sites for hydroxylation is 2. The summed E-state index contributed by atoms with van der Waals surface area (Å²) < 4.78 is 14.5. The number of hydrogen-bond acceptors (Lipinski definition) is 4. The number of pyridine rings is 1. The molecule has 2 aromatic heterocycles. The number of carbonyl (C=O) groups is 1. The van der Waals surface area contributed by atoms with E-state index in [1.54, 1.807) is 0 Å². The van der Waals surface area contributed by atoms with Crippen LogP contribution in [0.2, 0.25) is 0 Å². The number of anilines is 1. The lowest BCUT2D eigenvalue weighted by Gasteiger charge is -2.01. The van der Waals surface area contributed by atoms with E-state index in [-0.39, 0.29) is 5.56 Å². The summed E-state index contributed by atoms with van der Waals surface area (Å²) >= 11 is 1.37. The number of fused-ring (bicyclic) bond motifs is 1. The Labute approximate surface area is 124 Å². The zero-order valence-electron chi connectivity index (χ0n) is 11.5. The van der Waals surface area contributed by atoms with E-state index in [4.69, 9.17) is 0 Å². The highest BCUT2D eigenvalue weighted by Crippen LogP contribution is 2.29. The molecule has 0 aliphatic rings. The molecule has 0 spiro atoms. The van der Waals surface area contributed by atoms with Gasteiger partial charge in [-0.1, -0.05) is 17.4 Å². The van der Waals surface area contributed by atoms with Crippen LogP contribution in [-0.4, -0.2) is 15.9 Å². The molecule has 3 rings (SSSR count). The van der Waals surface area contributed by atoms with Crippen molar-refractivity contribution in [2.45, 2.75) is 13.8 Å². The fourth-order valence-electron chi connectivity index (χ4n) is 2.14. The molecule has 0 fully saturated rings. The van der Waals surface area contributed by atoms with Crippen molar-refractivity contribution in [2.75, 3.05) is 5.32 Å². The Hall–Kier alpha value is -2.34. The highest BCUT2D eigenvalue weighted by atomic mass is 32.1. The van der Waals surface area contributed by atoms with Crippen molar-refractivity contribution < 1.29 is 9.18 Å². The maximum Gasteiger partial charge on any atom is 0.262 e. The molecule has 1 N–H and O–H groups in total. The standard InChI is InChI=1S/C15H12FN3OS/c1-8-6-9(2)12-11(7-8)21-15(18-12)19-14(20)10-4-3-5-17-13(10)16/h3-7H,1-2H3,(H,18,19,20). The fraction of sp³-hybridized carbons (Fsp3) is 0.133. The SMILES string of the molecule is Cc1cc(C)c2nc(NC(=O)c3cccnc3F)sc2c1. The Morgan fingerprint density at radius 1 is 1.33 bits per heavy atom. The Kier molecular flexibility index (Phi) is 3.39. The first-order chi connectivity index (χ1) is 10.0. The van der Waals surface area contributed by atoms with Crippen LogP contribution in [0.5, 0.6) is 0 Å². The van der Waals surface area contributed by atoms with Crippen molar-refractivity contribution in [3.05, 3.63) is 53.1 Å². The second-order valence-electron chi connectivity index (χ2n) is 4.74. The van der Waals surface area contributed by atoms with Gasteiger partial charge in [-0.25, -0.2) is 9.97 Å². The predicted molar refractivity (Wildman–Crippen MR) is 81.2 cm³/mol. The largest absolute Gasteiger partial charge is 0.298 e. The van der Waals surface area contributed by atoms with Crippen LogP contribution in [0, 0.1) is 19.8 Å². The van der Waals surface area contributed by atoms with E-state index in [1.807, 2.05) is 26.0 Å². The van der Waals surface area contributed by atoms with Crippen molar-refractivity contribution >= 4 is 32.6 Å². The zero-order valence-corrected chi connectivity index (χ0v) is 12.3. The molecule has 2 heterocycles. The highest BCUT2D eigenvalue weighted by molar-refractivity contribution is 7.22. The Morgan fingerprint density at radius 3 is 2.90 bits per heavy atom. The van der Waals surface area contributed by atoms with Crippen LogP contribution in [-0.2, 0) is 0 Å². The molecule has 0 atom stereocenters. The van der Waals surface area contributed by atoms with Crippen LogP contribution in [0.15, 0.2) is 30.5 Å². The molecule has 0 aliphatic carbocycles. The third-order valence-electron chi connectivity index (χ3n) is 3.05. The summed E-state index contributed by atoms with van der Waals surface area (Å²) in [5, 5.41) is 3.07. The summed E-state index contributed by atoms with van der Waals surface area (Å²) in [6, 6.07) is 6.96. The maximum atomic E-state index is 13.5. The number of amides is 1. The molecule has 0 saturated heterocycles. The van der Waals surface area contributed by atoms with Gasteiger partial charge in [0.1, 0.15) is 0 Å². The minimum absolute atomic E-state index is 0.0929. The summed E-state index contributed by atoms with van der Waals surface area (Å²) in [5.74, 6) is -1.34. The Morgan fingerprint density at radius 2 is 2.14 bits per heavy atom. The van der Waals surface area contributed by atoms with Crippen LogP contribution in [0.1, 0.15) is 21.5 Å². The number of carbonyl (C=O) groups excluding carboxylic acids is 1. The number of nitrogens with zero attached hydrogens (tertiary/aromatic N) is 2. The van der Waals surface area contributed by atoms with Crippen LogP contribution in [0.25, 0.3) is 10.2 Å². The van der Waals surface area contributed by atoms with Crippen molar-refractivity contribution in [2.24, 2.45) is 0 Å². The number of rotatable bonds is 2. The third kappa shape index (κ3) is 2.62. The van der Waals surface area contributed by atoms with E-state index in [2.05, 4.69) is 15.3 Å². The number of thiazole rings is 1. The van der Waals surface area contributed by atoms with Crippen LogP contribution < -0.4 is 5.32 Å². The second kappa shape index (κ2) is 5.21. The van der Waals surface area contributed by atoms with Crippen LogP contribution >= 0.6 is 11.3 Å². The van der Waals surface area contributed by atoms with Crippen molar-refractivity contribution in [1.82, 2.24) is 9.97 Å². The normalized spacial score (nSPS) is 10.8. The molecule has 0 unspecified atom stereocenters. The smallest absolute Gasteiger partial charge is 0.262 e. The van der Waals surface area contributed by atoms with E-state index in [9.17, 15) is 9.18 Å². The summed E-state index contributed by atoms with van der Waals surface area (Å²) in [5.41, 5.74) is 2.95. The number of aromatic nitrogens is 2. The first kappa shape index (κ1) is 13.6. The maximum absolute atomic E-state index is 13.5. The van der Waals surface area contributed by atoms with E-state index in [1.165, 1.54) is 29.7 Å². The van der Waals surface area contributed by atoms with E-state index < -0.39 is 11.9 Å². The molecule has 0 saturated carbocycles. The molecular weight excluding hydrogens is 289 g/mol. The second-order valence-corrected chi connectivity index (χ2v) is 5.77. The van der Waals surface area contributed by atoms with E-state index in [0.29, 0.717) is 5.13 Å². The van der Waals surface area contributed by atoms with Gasteiger partial charge < -0.3 is 0 Å². The molecule has 1 aromatic carbocycles. The van der Waals surface area contributed by atoms with Gasteiger partial charge in [-0.15, -0.1) is 0 Å². The van der Waals surface area contributed by atoms with Crippen LogP contribution in [0.4, 0.5) is 9.52 Å². The molecule has 3 aromatic rings. The fourth-order valence-corrected chi connectivity index (χ4v) is 3.18. The average molecular weight is 301 g/mol. The summed E-state index contributed by atoms with van der Waals surface area (Å²) in [6.07, 6.45) is 1.30. The van der Waals surface area contributed by atoms with Crippen molar-refractivity contribution in [3.8, 4) is 0 Å². The van der Waals surface area contributed by atoms with Gasteiger partial charge in [0.15, 0.2) is 5.13 Å². The molecule has 21 heavy (non-hydrogen) atoms. The Bertz CT molecular complexity index is 844. The topological polar surface area (TPSA) is 54.9 Å². The predicted octanol–water partition coefficient (Wildman–Crippen LogP) is 3.70. The minimum Gasteiger partial charge on any atom is -0.298 e. The molecule has 0 aliphatic heterocycles. The zero-order chi connectivity index (χ0) is 15.0. The van der Waals surface area contributed by atoms with E-state index in [0.717, 1.165) is 21.3 Å². The summed E-state index contributed by atoms with van der Waals surface area (Å²) in [7, 11) is 0. The van der Waals surface area contributed by atoms with Gasteiger partial charge in [-0.05, 0) is 43.2 Å². The van der Waals surface area contributed by atoms with Crippen molar-refractivity contribution in [1.29, 1.82) is 0 Å². The molecule has 4 nitrogen and oxygen atoms in total. The van der Waals surface area contributed by atoms with E-state index >= 15 is 0 Å². The monoisotopic (exact) mass is 301 g/mol. The lowest BCUT2D eigenvalue weighted by Crippen LogP contribution is -2.14. The highest BCUT2D eigenvalue weighted by Gasteiger charge is 2.15. The Balaban J connectivity index is 1.94. The summed E-state index contributed by atoms with van der Waals surface area (Å²) in [4.78, 5) is 19.9. The minimum atomic E-state index is -0.789. The number of halogens is 1. The molecular formula is C15H12FN3OS. The van der Waals surface area contributed by atoms with Gasteiger partial charge in [-0.2, -0.15) is 4.39 Å². The first-order valence-corrected chi connectivity index (χ1v) is 7.16. The van der Waals surface area contributed by atoms with Gasteiger partial charge in [0, 0.05) is 6.20 Å². The van der Waals surface area contributed by atoms with Gasteiger partial charge in [0.05, 0.1) is 15.8 Å². The van der Waals surface area contributed by atoms with Gasteiger partial charge in [0.2, 0.25) is 5.95 Å².